The van der Waals surface area contributed by atoms with Crippen molar-refractivity contribution in [2.75, 3.05) is 13.1 Å². The Kier molecular flexibility index (Phi) is 4.46. The summed E-state index contributed by atoms with van der Waals surface area (Å²) in [6, 6.07) is 6.24. The topological polar surface area (TPSA) is 49.0 Å². The van der Waals surface area contributed by atoms with E-state index in [-0.39, 0.29) is 5.92 Å². The average molecular weight is 299 g/mol. The lowest BCUT2D eigenvalue weighted by Gasteiger charge is -2.34. The zero-order chi connectivity index (χ0) is 15.5. The molecular formula is C18H25N3O. The van der Waals surface area contributed by atoms with Crippen LogP contribution >= 0.6 is 0 Å². The van der Waals surface area contributed by atoms with E-state index in [0.29, 0.717) is 11.8 Å². The summed E-state index contributed by atoms with van der Waals surface area (Å²) in [5, 5.41) is 1.15. The minimum absolute atomic E-state index is 0.183. The van der Waals surface area contributed by atoms with Crippen LogP contribution in [0, 0.1) is 5.92 Å². The number of hydrogen-bond donors (Lipinski definition) is 1. The normalized spacial score (nSPS) is 19.0. The molecule has 1 aliphatic heterocycles. The standard InChI is InChI=1S/C18H25N3O/c1-3-13(4-2)18(22)21-10-6-8-15(12-21)16-11-14-7-5-9-19-17(14)20-16/h5,7,9,11,13,15H,3-4,6,8,10,12H2,1-2H3,(H,19,20)/t15-/m0/s1. The van der Waals surface area contributed by atoms with Crippen molar-refractivity contribution in [2.24, 2.45) is 5.92 Å². The maximum atomic E-state index is 12.6. The van der Waals surface area contributed by atoms with Crippen LogP contribution in [0.25, 0.3) is 11.0 Å². The quantitative estimate of drug-likeness (QED) is 0.935. The maximum Gasteiger partial charge on any atom is 0.225 e. The molecule has 0 saturated carbocycles. The fourth-order valence-electron chi connectivity index (χ4n) is 3.53. The van der Waals surface area contributed by atoms with Crippen molar-refractivity contribution in [3.63, 3.8) is 0 Å². The summed E-state index contributed by atoms with van der Waals surface area (Å²) in [6.07, 6.45) is 5.91. The molecule has 1 N–H and O–H groups in total. The van der Waals surface area contributed by atoms with Gasteiger partial charge < -0.3 is 9.88 Å². The molecule has 4 heteroatoms. The van der Waals surface area contributed by atoms with E-state index < -0.39 is 0 Å². The third kappa shape index (κ3) is 2.87. The predicted molar refractivity (Wildman–Crippen MR) is 88.7 cm³/mol. The first-order valence-corrected chi connectivity index (χ1v) is 8.45. The van der Waals surface area contributed by atoms with E-state index in [9.17, 15) is 4.79 Å². The van der Waals surface area contributed by atoms with Gasteiger partial charge in [-0.2, -0.15) is 0 Å². The molecule has 3 rings (SSSR count). The Bertz CT molecular complexity index is 612. The summed E-state index contributed by atoms with van der Waals surface area (Å²) in [4.78, 5) is 22.5. The highest BCUT2D eigenvalue weighted by molar-refractivity contribution is 5.79. The van der Waals surface area contributed by atoms with E-state index >= 15 is 0 Å². The van der Waals surface area contributed by atoms with Gasteiger partial charge in [0.2, 0.25) is 5.91 Å². The lowest BCUT2D eigenvalue weighted by molar-refractivity contribution is -0.137. The zero-order valence-electron chi connectivity index (χ0n) is 13.5. The van der Waals surface area contributed by atoms with Crippen LogP contribution in [0.15, 0.2) is 24.4 Å². The van der Waals surface area contributed by atoms with Crippen LogP contribution in [-0.2, 0) is 4.79 Å². The molecule has 1 fully saturated rings. The van der Waals surface area contributed by atoms with Gasteiger partial charge in [-0.15, -0.1) is 0 Å². The number of fused-ring (bicyclic) bond motifs is 1. The van der Waals surface area contributed by atoms with Crippen LogP contribution < -0.4 is 0 Å². The van der Waals surface area contributed by atoms with Crippen LogP contribution in [0.1, 0.15) is 51.1 Å². The van der Waals surface area contributed by atoms with Gasteiger partial charge in [-0.25, -0.2) is 4.98 Å². The molecule has 0 spiro atoms. The molecule has 4 nitrogen and oxygen atoms in total. The number of carbonyl (C=O) groups is 1. The number of pyridine rings is 1. The Morgan fingerprint density at radius 3 is 3.00 bits per heavy atom. The molecule has 1 amide bonds. The number of carbonyl (C=O) groups excluding carboxylic acids is 1. The Morgan fingerprint density at radius 1 is 1.45 bits per heavy atom. The van der Waals surface area contributed by atoms with Crippen molar-refractivity contribution >= 4 is 16.9 Å². The highest BCUT2D eigenvalue weighted by Crippen LogP contribution is 2.29. The van der Waals surface area contributed by atoms with Gasteiger partial charge in [-0.1, -0.05) is 13.8 Å². The van der Waals surface area contributed by atoms with E-state index in [4.69, 9.17) is 0 Å². The van der Waals surface area contributed by atoms with Gasteiger partial charge in [0.15, 0.2) is 0 Å². The molecular weight excluding hydrogens is 274 g/mol. The third-order valence-corrected chi connectivity index (χ3v) is 4.92. The summed E-state index contributed by atoms with van der Waals surface area (Å²) in [5.74, 6) is 0.924. The number of rotatable bonds is 4. The van der Waals surface area contributed by atoms with E-state index in [0.717, 1.165) is 49.8 Å². The fraction of sp³-hybridized carbons (Fsp3) is 0.556. The number of aromatic amines is 1. The molecule has 0 radical (unpaired) electrons. The van der Waals surface area contributed by atoms with Gasteiger partial charge in [0.05, 0.1) is 0 Å². The summed E-state index contributed by atoms with van der Waals surface area (Å²) in [7, 11) is 0. The predicted octanol–water partition coefficient (Wildman–Crippen LogP) is 3.71. The Balaban J connectivity index is 1.76. The second-order valence-electron chi connectivity index (χ2n) is 6.30. The number of nitrogens with zero attached hydrogens (tertiary/aromatic N) is 2. The van der Waals surface area contributed by atoms with Gasteiger partial charge in [0.25, 0.3) is 0 Å². The summed E-state index contributed by atoms with van der Waals surface area (Å²) in [5.41, 5.74) is 2.16. The number of hydrogen-bond acceptors (Lipinski definition) is 2. The third-order valence-electron chi connectivity index (χ3n) is 4.92. The monoisotopic (exact) mass is 299 g/mol. The fourth-order valence-corrected chi connectivity index (χ4v) is 3.53. The first kappa shape index (κ1) is 15.1. The van der Waals surface area contributed by atoms with Crippen molar-refractivity contribution in [3.8, 4) is 0 Å². The van der Waals surface area contributed by atoms with Crippen molar-refractivity contribution in [1.29, 1.82) is 0 Å². The van der Waals surface area contributed by atoms with Gasteiger partial charge in [0, 0.05) is 42.2 Å². The van der Waals surface area contributed by atoms with Crippen LogP contribution in [0.3, 0.4) is 0 Å². The molecule has 22 heavy (non-hydrogen) atoms. The van der Waals surface area contributed by atoms with Crippen molar-refractivity contribution < 1.29 is 4.79 Å². The Hall–Kier alpha value is -1.84. The van der Waals surface area contributed by atoms with E-state index in [2.05, 4.69) is 40.8 Å². The maximum absolute atomic E-state index is 12.6. The number of aromatic nitrogens is 2. The van der Waals surface area contributed by atoms with Crippen molar-refractivity contribution in [2.45, 2.75) is 45.4 Å². The smallest absolute Gasteiger partial charge is 0.225 e. The van der Waals surface area contributed by atoms with Crippen LogP contribution in [-0.4, -0.2) is 33.9 Å². The first-order valence-electron chi connectivity index (χ1n) is 8.45. The molecule has 2 aromatic heterocycles. The molecule has 2 aromatic rings. The molecule has 0 aromatic carbocycles. The lowest BCUT2D eigenvalue weighted by atomic mass is 9.92. The van der Waals surface area contributed by atoms with Crippen molar-refractivity contribution in [1.82, 2.24) is 14.9 Å². The van der Waals surface area contributed by atoms with E-state index in [1.165, 1.54) is 5.69 Å². The summed E-state index contributed by atoms with van der Waals surface area (Å²) >= 11 is 0. The average Bonchev–Trinajstić information content (AvgIpc) is 3.00. The molecule has 3 heterocycles. The lowest BCUT2D eigenvalue weighted by Crippen LogP contribution is -2.42. The second-order valence-corrected chi connectivity index (χ2v) is 6.30. The van der Waals surface area contributed by atoms with Gasteiger partial charge in [0.1, 0.15) is 5.65 Å². The number of likely N-dealkylation sites (tertiary alicyclic amines) is 1. The summed E-state index contributed by atoms with van der Waals surface area (Å²) in [6.45, 7) is 5.96. The highest BCUT2D eigenvalue weighted by Gasteiger charge is 2.28. The second kappa shape index (κ2) is 6.51. The summed E-state index contributed by atoms with van der Waals surface area (Å²) < 4.78 is 0. The zero-order valence-corrected chi connectivity index (χ0v) is 13.5. The Morgan fingerprint density at radius 2 is 2.27 bits per heavy atom. The molecule has 118 valence electrons. The first-order chi connectivity index (χ1) is 10.7. The minimum atomic E-state index is 0.183. The van der Waals surface area contributed by atoms with Gasteiger partial charge >= 0.3 is 0 Å². The van der Waals surface area contributed by atoms with Crippen LogP contribution in [0.5, 0.6) is 0 Å². The molecule has 0 unspecified atom stereocenters. The molecule has 0 aliphatic carbocycles. The molecule has 1 atom stereocenters. The SMILES string of the molecule is CCC(CC)C(=O)N1CCC[C@H](c2cc3cccnc3[nH]2)C1. The Labute approximate surface area is 131 Å². The van der Waals surface area contributed by atoms with Gasteiger partial charge in [-0.05, 0) is 43.9 Å². The van der Waals surface area contributed by atoms with E-state index in [1.807, 2.05) is 12.3 Å². The van der Waals surface area contributed by atoms with Crippen LogP contribution in [0.4, 0.5) is 0 Å². The largest absolute Gasteiger partial charge is 0.343 e. The highest BCUT2D eigenvalue weighted by atomic mass is 16.2. The number of H-pyrrole nitrogens is 1. The van der Waals surface area contributed by atoms with E-state index in [1.54, 1.807) is 0 Å². The van der Waals surface area contributed by atoms with Crippen molar-refractivity contribution in [3.05, 3.63) is 30.1 Å². The number of piperidine rings is 1. The van der Waals surface area contributed by atoms with Crippen LogP contribution in [0.2, 0.25) is 0 Å². The number of amides is 1. The molecule has 1 saturated heterocycles. The minimum Gasteiger partial charge on any atom is -0.343 e. The number of nitrogens with one attached hydrogen (secondary N) is 1. The molecule has 0 bridgehead atoms. The molecule has 1 aliphatic rings. The van der Waals surface area contributed by atoms with Gasteiger partial charge in [-0.3, -0.25) is 4.79 Å².